The van der Waals surface area contributed by atoms with Crippen LogP contribution < -0.4 is 9.46 Å². The monoisotopic (exact) mass is 339 g/mol. The number of rotatable bonds is 4. The van der Waals surface area contributed by atoms with Gasteiger partial charge >= 0.3 is 0 Å². The maximum Gasteiger partial charge on any atom is 0.268 e. The van der Waals surface area contributed by atoms with Crippen molar-refractivity contribution in [3.8, 4) is 5.75 Å². The minimum atomic E-state index is -4.31. The molecule has 0 atom stereocenters. The van der Waals surface area contributed by atoms with Crippen LogP contribution in [0.3, 0.4) is 0 Å². The molecular weight excluding hydrogens is 328 g/mol. The zero-order valence-corrected chi connectivity index (χ0v) is 12.6. The molecule has 9 heteroatoms. The van der Waals surface area contributed by atoms with E-state index in [1.807, 2.05) is 0 Å². The number of H-pyrrole nitrogens is 1. The van der Waals surface area contributed by atoms with Gasteiger partial charge in [0.05, 0.1) is 24.5 Å². The molecule has 1 aromatic heterocycles. The standard InChI is InChI=1S/C14H11F2N3O3S/c1-22-13-5-9(15)4-11(16)14(13)23(20,21)19-10-3-2-8-7-17-18-12(8)6-10/h2-7,19H,1H3,(H,17,18). The Balaban J connectivity index is 2.05. The zero-order chi connectivity index (χ0) is 16.6. The first kappa shape index (κ1) is 15.2. The van der Waals surface area contributed by atoms with Crippen molar-refractivity contribution in [1.82, 2.24) is 10.2 Å². The molecule has 0 aliphatic heterocycles. The van der Waals surface area contributed by atoms with E-state index in [-0.39, 0.29) is 5.69 Å². The van der Waals surface area contributed by atoms with Gasteiger partial charge in [0.2, 0.25) is 0 Å². The SMILES string of the molecule is COc1cc(F)cc(F)c1S(=O)(=O)Nc1ccc2cn[nH]c2c1. The number of sulfonamides is 1. The van der Waals surface area contributed by atoms with Crippen LogP contribution >= 0.6 is 0 Å². The Morgan fingerprint density at radius 3 is 2.74 bits per heavy atom. The molecule has 0 spiro atoms. The summed E-state index contributed by atoms with van der Waals surface area (Å²) in [7, 11) is -3.18. The number of nitrogens with one attached hydrogen (secondary N) is 2. The maximum atomic E-state index is 13.9. The van der Waals surface area contributed by atoms with Crippen molar-refractivity contribution in [2.45, 2.75) is 4.90 Å². The van der Waals surface area contributed by atoms with Crippen molar-refractivity contribution in [2.75, 3.05) is 11.8 Å². The van der Waals surface area contributed by atoms with Gasteiger partial charge in [0.15, 0.2) is 4.90 Å². The first-order chi connectivity index (χ1) is 10.9. The number of anilines is 1. The van der Waals surface area contributed by atoms with E-state index < -0.39 is 32.3 Å². The van der Waals surface area contributed by atoms with Crippen LogP contribution in [-0.4, -0.2) is 25.7 Å². The number of benzene rings is 2. The zero-order valence-electron chi connectivity index (χ0n) is 11.8. The molecular formula is C14H11F2N3O3S. The average molecular weight is 339 g/mol. The molecule has 0 radical (unpaired) electrons. The third-order valence-electron chi connectivity index (χ3n) is 3.16. The molecule has 23 heavy (non-hydrogen) atoms. The Morgan fingerprint density at radius 1 is 1.22 bits per heavy atom. The van der Waals surface area contributed by atoms with Gasteiger partial charge in [-0.1, -0.05) is 0 Å². The lowest BCUT2D eigenvalue weighted by Gasteiger charge is -2.12. The molecule has 2 aromatic carbocycles. The van der Waals surface area contributed by atoms with Crippen LogP contribution in [0.15, 0.2) is 41.4 Å². The Bertz CT molecular complexity index is 986. The molecule has 1 heterocycles. The van der Waals surface area contributed by atoms with E-state index >= 15 is 0 Å². The van der Waals surface area contributed by atoms with Crippen molar-refractivity contribution in [3.63, 3.8) is 0 Å². The van der Waals surface area contributed by atoms with Gasteiger partial charge in [-0.25, -0.2) is 17.2 Å². The summed E-state index contributed by atoms with van der Waals surface area (Å²) in [5.41, 5.74) is 0.810. The minimum Gasteiger partial charge on any atom is -0.495 e. The summed E-state index contributed by atoms with van der Waals surface area (Å²) >= 11 is 0. The summed E-state index contributed by atoms with van der Waals surface area (Å²) in [5.74, 6) is -2.59. The Labute approximate surface area is 130 Å². The first-order valence-electron chi connectivity index (χ1n) is 6.40. The summed E-state index contributed by atoms with van der Waals surface area (Å²) in [5, 5.41) is 7.31. The number of hydrogen-bond donors (Lipinski definition) is 2. The molecule has 120 valence electrons. The van der Waals surface area contributed by atoms with Crippen LogP contribution in [0.2, 0.25) is 0 Å². The molecule has 0 aliphatic rings. The molecule has 3 rings (SSSR count). The van der Waals surface area contributed by atoms with Crippen LogP contribution in [-0.2, 0) is 10.0 Å². The number of fused-ring (bicyclic) bond motifs is 1. The first-order valence-corrected chi connectivity index (χ1v) is 7.88. The lowest BCUT2D eigenvalue weighted by molar-refractivity contribution is 0.390. The Kier molecular flexibility index (Phi) is 3.64. The fourth-order valence-corrected chi connectivity index (χ4v) is 3.42. The summed E-state index contributed by atoms with van der Waals surface area (Å²) in [6, 6.07) is 5.94. The molecule has 0 saturated heterocycles. The quantitative estimate of drug-likeness (QED) is 0.765. The highest BCUT2D eigenvalue weighted by Crippen LogP contribution is 2.30. The number of aromatic nitrogens is 2. The second kappa shape index (κ2) is 5.51. The molecule has 0 unspecified atom stereocenters. The summed E-state index contributed by atoms with van der Waals surface area (Å²) in [4.78, 5) is -0.758. The average Bonchev–Trinajstić information content (AvgIpc) is 2.92. The maximum absolute atomic E-state index is 13.9. The Hall–Kier alpha value is -2.68. The number of ether oxygens (including phenoxy) is 1. The number of nitrogens with zero attached hydrogens (tertiary/aromatic N) is 1. The minimum absolute atomic E-state index is 0.201. The predicted octanol–water partition coefficient (Wildman–Crippen LogP) is 2.65. The fraction of sp³-hybridized carbons (Fsp3) is 0.0714. The normalized spacial score (nSPS) is 11.6. The highest BCUT2D eigenvalue weighted by atomic mass is 32.2. The van der Waals surface area contributed by atoms with Crippen molar-refractivity contribution < 1.29 is 21.9 Å². The molecule has 0 aliphatic carbocycles. The third-order valence-corrected chi connectivity index (χ3v) is 4.60. The van der Waals surface area contributed by atoms with E-state index in [4.69, 9.17) is 4.74 Å². The van der Waals surface area contributed by atoms with Gasteiger partial charge in [-0.3, -0.25) is 9.82 Å². The van der Waals surface area contributed by atoms with Gasteiger partial charge in [-0.2, -0.15) is 5.10 Å². The van der Waals surface area contributed by atoms with E-state index in [0.717, 1.165) is 18.6 Å². The topological polar surface area (TPSA) is 84.1 Å². The van der Waals surface area contributed by atoms with Gasteiger partial charge in [0.1, 0.15) is 17.4 Å². The van der Waals surface area contributed by atoms with Crippen LogP contribution in [0.4, 0.5) is 14.5 Å². The highest BCUT2D eigenvalue weighted by Gasteiger charge is 2.25. The van der Waals surface area contributed by atoms with E-state index in [1.165, 1.54) is 12.1 Å². The van der Waals surface area contributed by atoms with Crippen LogP contribution in [0.5, 0.6) is 5.75 Å². The number of methoxy groups -OCH3 is 1. The fourth-order valence-electron chi connectivity index (χ4n) is 2.16. The van der Waals surface area contributed by atoms with Crippen LogP contribution in [0, 0.1) is 11.6 Å². The molecule has 0 amide bonds. The number of hydrogen-bond acceptors (Lipinski definition) is 4. The molecule has 6 nitrogen and oxygen atoms in total. The third kappa shape index (κ3) is 2.82. The lowest BCUT2D eigenvalue weighted by Crippen LogP contribution is -2.16. The molecule has 0 saturated carbocycles. The second-order valence-electron chi connectivity index (χ2n) is 4.70. The van der Waals surface area contributed by atoms with Crippen LogP contribution in [0.25, 0.3) is 10.9 Å². The Morgan fingerprint density at radius 2 is 2.00 bits per heavy atom. The number of aromatic amines is 1. The van der Waals surface area contributed by atoms with Gasteiger partial charge in [0, 0.05) is 17.5 Å². The van der Waals surface area contributed by atoms with Crippen molar-refractivity contribution >= 4 is 26.6 Å². The van der Waals surface area contributed by atoms with E-state index in [9.17, 15) is 17.2 Å². The summed E-state index contributed by atoms with van der Waals surface area (Å²) < 4.78 is 59.0. The van der Waals surface area contributed by atoms with Crippen molar-refractivity contribution in [3.05, 3.63) is 48.2 Å². The summed E-state index contributed by atoms with van der Waals surface area (Å²) in [6.07, 6.45) is 1.58. The summed E-state index contributed by atoms with van der Waals surface area (Å²) in [6.45, 7) is 0. The van der Waals surface area contributed by atoms with Crippen molar-refractivity contribution in [2.24, 2.45) is 0 Å². The smallest absolute Gasteiger partial charge is 0.268 e. The molecule has 0 bridgehead atoms. The van der Waals surface area contributed by atoms with Gasteiger partial charge < -0.3 is 4.74 Å². The number of halogens is 2. The van der Waals surface area contributed by atoms with Crippen LogP contribution in [0.1, 0.15) is 0 Å². The molecule has 3 aromatic rings. The van der Waals surface area contributed by atoms with Crippen molar-refractivity contribution in [1.29, 1.82) is 0 Å². The van der Waals surface area contributed by atoms with E-state index in [2.05, 4.69) is 14.9 Å². The molecule has 2 N–H and O–H groups in total. The van der Waals surface area contributed by atoms with Gasteiger partial charge in [0.25, 0.3) is 10.0 Å². The van der Waals surface area contributed by atoms with E-state index in [0.29, 0.717) is 11.6 Å². The predicted molar refractivity (Wildman–Crippen MR) is 79.8 cm³/mol. The lowest BCUT2D eigenvalue weighted by atomic mass is 10.2. The van der Waals surface area contributed by atoms with E-state index in [1.54, 1.807) is 12.3 Å². The highest BCUT2D eigenvalue weighted by molar-refractivity contribution is 7.92. The van der Waals surface area contributed by atoms with Gasteiger partial charge in [-0.05, 0) is 18.2 Å². The second-order valence-corrected chi connectivity index (χ2v) is 6.32. The molecule has 0 fully saturated rings. The largest absolute Gasteiger partial charge is 0.495 e. The van der Waals surface area contributed by atoms with Gasteiger partial charge in [-0.15, -0.1) is 0 Å².